The number of nitrogens with one attached hydrogen (secondary N) is 1. The van der Waals surface area contributed by atoms with Crippen molar-refractivity contribution in [2.45, 2.75) is 19.0 Å². The fourth-order valence-corrected chi connectivity index (χ4v) is 1.88. The van der Waals surface area contributed by atoms with Crippen molar-refractivity contribution in [1.82, 2.24) is 10.2 Å². The molecule has 5 nitrogen and oxygen atoms in total. The molecule has 1 atom stereocenters. The largest absolute Gasteiger partial charge is 0.381 e. The smallest absolute Gasteiger partial charge is 0.252 e. The van der Waals surface area contributed by atoms with Gasteiger partial charge in [0.05, 0.1) is 12.7 Å². The van der Waals surface area contributed by atoms with Gasteiger partial charge in [0.1, 0.15) is 5.54 Å². The second-order valence-electron chi connectivity index (χ2n) is 5.27. The van der Waals surface area contributed by atoms with Crippen LogP contribution >= 0.6 is 0 Å². The first-order chi connectivity index (χ1) is 9.40. The topological polar surface area (TPSA) is 65.4 Å². The van der Waals surface area contributed by atoms with E-state index in [-0.39, 0.29) is 12.5 Å². The average Bonchev–Trinajstić information content (AvgIpc) is 2.38. The molecule has 1 aromatic carbocycles. The van der Waals surface area contributed by atoms with Gasteiger partial charge in [-0.25, -0.2) is 0 Å². The van der Waals surface area contributed by atoms with Gasteiger partial charge in [0, 0.05) is 19.2 Å². The minimum atomic E-state index is -1.02. The summed E-state index contributed by atoms with van der Waals surface area (Å²) in [5, 5.41) is 11.8. The highest BCUT2D eigenvalue weighted by Gasteiger charge is 2.26. The van der Waals surface area contributed by atoms with E-state index in [1.54, 1.807) is 13.0 Å². The number of carbonyl (C=O) groups is 1. The number of nitrogens with zero attached hydrogens (tertiary/aromatic N) is 2. The summed E-state index contributed by atoms with van der Waals surface area (Å²) >= 11 is 0. The highest BCUT2D eigenvalue weighted by Crippen LogP contribution is 2.10. The second kappa shape index (κ2) is 7.04. The molecular formula is C15H21N3O2. The average molecular weight is 275 g/mol. The highest BCUT2D eigenvalue weighted by atomic mass is 16.5. The third kappa shape index (κ3) is 4.65. The van der Waals surface area contributed by atoms with E-state index in [4.69, 9.17) is 10.00 Å². The molecular weight excluding hydrogens is 254 g/mol. The molecule has 0 aliphatic carbocycles. The molecule has 5 heteroatoms. The van der Waals surface area contributed by atoms with Crippen LogP contribution in [0.4, 0.5) is 0 Å². The molecule has 0 unspecified atom stereocenters. The Morgan fingerprint density at radius 2 is 2.20 bits per heavy atom. The van der Waals surface area contributed by atoms with Crippen molar-refractivity contribution in [3.8, 4) is 6.07 Å². The lowest BCUT2D eigenvalue weighted by Crippen LogP contribution is -2.48. The Bertz CT molecular complexity index is 508. The zero-order valence-electron chi connectivity index (χ0n) is 12.4. The first kappa shape index (κ1) is 16.2. The summed E-state index contributed by atoms with van der Waals surface area (Å²) < 4.78 is 4.97. The normalized spacial score (nSPS) is 13.6. The molecule has 1 N–H and O–H groups in total. The van der Waals surface area contributed by atoms with Gasteiger partial charge in [0.2, 0.25) is 0 Å². The number of hydrogen-bond acceptors (Lipinski definition) is 4. The molecule has 0 fully saturated rings. The number of nitriles is 1. The predicted octanol–water partition coefficient (Wildman–Crippen LogP) is 1.41. The van der Waals surface area contributed by atoms with Crippen LogP contribution in [0.25, 0.3) is 0 Å². The van der Waals surface area contributed by atoms with E-state index in [1.807, 2.05) is 37.2 Å². The fraction of sp³-hybridized carbons (Fsp3) is 0.467. The molecule has 0 heterocycles. The summed E-state index contributed by atoms with van der Waals surface area (Å²) in [6.45, 7) is 2.54. The van der Waals surface area contributed by atoms with Crippen molar-refractivity contribution >= 4 is 5.91 Å². The van der Waals surface area contributed by atoms with Crippen LogP contribution in [-0.4, -0.2) is 44.2 Å². The number of ether oxygens (including phenoxy) is 1. The molecule has 108 valence electrons. The Morgan fingerprint density at radius 3 is 2.75 bits per heavy atom. The van der Waals surface area contributed by atoms with Crippen molar-refractivity contribution in [3.05, 3.63) is 35.4 Å². The van der Waals surface area contributed by atoms with Gasteiger partial charge >= 0.3 is 0 Å². The van der Waals surface area contributed by atoms with Gasteiger partial charge in [-0.05, 0) is 38.7 Å². The van der Waals surface area contributed by atoms with Crippen molar-refractivity contribution in [2.75, 3.05) is 27.8 Å². The summed E-state index contributed by atoms with van der Waals surface area (Å²) in [5.74, 6) is -0.272. The Balaban J connectivity index is 2.85. The van der Waals surface area contributed by atoms with E-state index >= 15 is 0 Å². The minimum absolute atomic E-state index is 0.145. The van der Waals surface area contributed by atoms with Gasteiger partial charge in [-0.3, -0.25) is 4.79 Å². The van der Waals surface area contributed by atoms with E-state index in [9.17, 15) is 4.79 Å². The maximum Gasteiger partial charge on any atom is 0.252 e. The number of carbonyl (C=O) groups excluding carboxylic acids is 1. The highest BCUT2D eigenvalue weighted by molar-refractivity contribution is 5.95. The molecule has 0 aliphatic heterocycles. The molecule has 1 amide bonds. The number of amides is 1. The van der Waals surface area contributed by atoms with Gasteiger partial charge in [-0.1, -0.05) is 12.1 Å². The van der Waals surface area contributed by atoms with Gasteiger partial charge < -0.3 is 15.0 Å². The monoisotopic (exact) mass is 275 g/mol. The summed E-state index contributed by atoms with van der Waals surface area (Å²) in [5.41, 5.74) is 0.568. The molecule has 0 spiro atoms. The van der Waals surface area contributed by atoms with Crippen LogP contribution in [0.3, 0.4) is 0 Å². The maximum atomic E-state index is 12.2. The maximum absolute atomic E-state index is 12.2. The second-order valence-corrected chi connectivity index (χ2v) is 5.27. The lowest BCUT2D eigenvalue weighted by atomic mass is 10.0. The fourth-order valence-electron chi connectivity index (χ4n) is 1.88. The molecule has 0 radical (unpaired) electrons. The Labute approximate surface area is 120 Å². The van der Waals surface area contributed by atoms with Crippen LogP contribution in [0, 0.1) is 11.3 Å². The molecule has 20 heavy (non-hydrogen) atoms. The molecule has 0 bridgehead atoms. The zero-order chi connectivity index (χ0) is 15.2. The number of methoxy groups -OCH3 is 1. The number of benzene rings is 1. The quantitative estimate of drug-likeness (QED) is 0.852. The van der Waals surface area contributed by atoms with Crippen LogP contribution in [-0.2, 0) is 11.3 Å². The predicted molar refractivity (Wildman–Crippen MR) is 77.2 cm³/mol. The summed E-state index contributed by atoms with van der Waals surface area (Å²) in [6.07, 6.45) is 0. The van der Waals surface area contributed by atoms with Crippen LogP contribution in [0.5, 0.6) is 0 Å². The molecule has 0 saturated carbocycles. The third-order valence-electron chi connectivity index (χ3n) is 2.76. The summed E-state index contributed by atoms with van der Waals surface area (Å²) in [7, 11) is 5.44. The first-order valence-electron chi connectivity index (χ1n) is 6.36. The molecule has 1 rings (SSSR count). The van der Waals surface area contributed by atoms with Crippen LogP contribution in [0.15, 0.2) is 24.3 Å². The van der Waals surface area contributed by atoms with E-state index < -0.39 is 5.54 Å². The lowest BCUT2D eigenvalue weighted by molar-refractivity contribution is 0.0860. The van der Waals surface area contributed by atoms with Crippen molar-refractivity contribution in [2.24, 2.45) is 0 Å². The lowest BCUT2D eigenvalue weighted by Gasteiger charge is -2.22. The van der Waals surface area contributed by atoms with Crippen molar-refractivity contribution in [3.63, 3.8) is 0 Å². The molecule has 0 saturated heterocycles. The Hall–Kier alpha value is -1.90. The molecule has 1 aromatic rings. The van der Waals surface area contributed by atoms with E-state index in [1.165, 1.54) is 7.11 Å². The Kier molecular flexibility index (Phi) is 5.68. The van der Waals surface area contributed by atoms with Crippen LogP contribution in [0.1, 0.15) is 22.8 Å². The first-order valence-corrected chi connectivity index (χ1v) is 6.36. The van der Waals surface area contributed by atoms with Crippen molar-refractivity contribution < 1.29 is 9.53 Å². The SMILES string of the molecule is COC[C@@](C)(C#N)NC(=O)c1cccc(CN(C)C)c1. The van der Waals surface area contributed by atoms with Gasteiger partial charge in [-0.2, -0.15) is 5.26 Å². The van der Waals surface area contributed by atoms with Crippen molar-refractivity contribution in [1.29, 1.82) is 5.26 Å². The number of hydrogen-bond donors (Lipinski definition) is 1. The third-order valence-corrected chi connectivity index (χ3v) is 2.76. The summed E-state index contributed by atoms with van der Waals surface area (Å²) in [6, 6.07) is 9.44. The van der Waals surface area contributed by atoms with E-state index in [0.29, 0.717) is 5.56 Å². The standard InChI is InChI=1S/C15H21N3O2/c1-15(10-16,11-20-4)17-14(19)13-7-5-6-12(8-13)9-18(2)3/h5-8H,9,11H2,1-4H3,(H,17,19)/t15-/m1/s1. The van der Waals surface area contributed by atoms with Crippen LogP contribution < -0.4 is 5.32 Å². The van der Waals surface area contributed by atoms with Gasteiger partial charge in [0.15, 0.2) is 0 Å². The Morgan fingerprint density at radius 1 is 1.50 bits per heavy atom. The van der Waals surface area contributed by atoms with E-state index in [0.717, 1.165) is 12.1 Å². The van der Waals surface area contributed by atoms with Gasteiger partial charge in [0.25, 0.3) is 5.91 Å². The zero-order valence-corrected chi connectivity index (χ0v) is 12.4. The van der Waals surface area contributed by atoms with Crippen LogP contribution in [0.2, 0.25) is 0 Å². The van der Waals surface area contributed by atoms with Gasteiger partial charge in [-0.15, -0.1) is 0 Å². The number of rotatable bonds is 6. The van der Waals surface area contributed by atoms with E-state index in [2.05, 4.69) is 11.4 Å². The molecule has 0 aliphatic rings. The summed E-state index contributed by atoms with van der Waals surface area (Å²) in [4.78, 5) is 14.2. The minimum Gasteiger partial charge on any atom is -0.381 e. The molecule has 0 aromatic heterocycles.